The molecule has 8 heteroatoms. The van der Waals surface area contributed by atoms with Gasteiger partial charge in [0.1, 0.15) is 21.5 Å². The number of fused-ring (bicyclic) bond motifs is 1. The van der Waals surface area contributed by atoms with Crippen LogP contribution in [-0.2, 0) is 13.6 Å². The van der Waals surface area contributed by atoms with Crippen molar-refractivity contribution in [2.24, 2.45) is 7.05 Å². The minimum atomic E-state index is -0.107. The zero-order valence-corrected chi connectivity index (χ0v) is 15.0. The number of hydrogen-bond acceptors (Lipinski definition) is 5. The predicted octanol–water partition coefficient (Wildman–Crippen LogP) is 2.37. The lowest BCUT2D eigenvalue weighted by Crippen LogP contribution is -2.21. The van der Waals surface area contributed by atoms with E-state index in [1.54, 1.807) is 29.7 Å². The highest BCUT2D eigenvalue weighted by Crippen LogP contribution is 2.18. The van der Waals surface area contributed by atoms with Crippen LogP contribution in [0.2, 0.25) is 0 Å². The molecule has 7 nitrogen and oxygen atoms in total. The van der Waals surface area contributed by atoms with Crippen LogP contribution >= 0.6 is 15.9 Å². The smallest absolute Gasteiger partial charge is 0.265 e. The summed E-state index contributed by atoms with van der Waals surface area (Å²) in [5, 5.41) is 4.66. The van der Waals surface area contributed by atoms with Crippen LogP contribution in [-0.4, -0.2) is 33.0 Å². The van der Waals surface area contributed by atoms with Crippen molar-refractivity contribution in [1.29, 1.82) is 0 Å². The largest absolute Gasteiger partial charge is 0.497 e. The summed E-state index contributed by atoms with van der Waals surface area (Å²) in [7, 11) is 3.38. The van der Waals surface area contributed by atoms with Crippen LogP contribution in [0.3, 0.4) is 0 Å². The van der Waals surface area contributed by atoms with E-state index in [0.29, 0.717) is 35.2 Å². The van der Waals surface area contributed by atoms with Gasteiger partial charge >= 0.3 is 0 Å². The number of ether oxygens (including phenoxy) is 2. The fourth-order valence-corrected chi connectivity index (χ4v) is 2.98. The number of aryl methyl sites for hydroxylation is 2. The van der Waals surface area contributed by atoms with Crippen molar-refractivity contribution >= 4 is 27.0 Å². The minimum Gasteiger partial charge on any atom is -0.497 e. The molecule has 1 aromatic carbocycles. The standard InChI is InChI=1S/C16H17BrN4O3/c1-20-15-13(14(17)19-20)16(22)21(10-18-15)8-3-9-24-12-6-4-11(23-2)5-7-12/h4-7,10H,3,8-9H2,1-2H3. The van der Waals surface area contributed by atoms with E-state index < -0.39 is 0 Å². The van der Waals surface area contributed by atoms with E-state index in [1.807, 2.05) is 24.3 Å². The number of methoxy groups -OCH3 is 1. The van der Waals surface area contributed by atoms with Crippen LogP contribution in [0.25, 0.3) is 11.0 Å². The zero-order valence-electron chi connectivity index (χ0n) is 13.4. The Bertz CT molecular complexity index is 902. The molecule has 3 aromatic rings. The van der Waals surface area contributed by atoms with Gasteiger partial charge in [0.15, 0.2) is 5.65 Å². The first kappa shape index (κ1) is 16.5. The summed E-state index contributed by atoms with van der Waals surface area (Å²) in [6, 6.07) is 7.39. The number of rotatable bonds is 6. The topological polar surface area (TPSA) is 71.2 Å². The lowest BCUT2D eigenvalue weighted by Gasteiger charge is -2.08. The van der Waals surface area contributed by atoms with Crippen molar-refractivity contribution in [2.75, 3.05) is 13.7 Å². The predicted molar refractivity (Wildman–Crippen MR) is 93.6 cm³/mol. The van der Waals surface area contributed by atoms with E-state index in [9.17, 15) is 4.79 Å². The van der Waals surface area contributed by atoms with E-state index in [0.717, 1.165) is 11.5 Å². The van der Waals surface area contributed by atoms with Gasteiger partial charge in [-0.1, -0.05) is 0 Å². The maximum Gasteiger partial charge on any atom is 0.265 e. The molecule has 0 saturated heterocycles. The summed E-state index contributed by atoms with van der Waals surface area (Å²) in [5.74, 6) is 1.56. The summed E-state index contributed by atoms with van der Waals surface area (Å²) in [6.07, 6.45) is 2.24. The molecule has 0 amide bonds. The minimum absolute atomic E-state index is 0.107. The molecular weight excluding hydrogens is 376 g/mol. The van der Waals surface area contributed by atoms with Crippen LogP contribution in [0.1, 0.15) is 6.42 Å². The van der Waals surface area contributed by atoms with Gasteiger partial charge in [-0.2, -0.15) is 5.10 Å². The highest BCUT2D eigenvalue weighted by molar-refractivity contribution is 9.10. The van der Waals surface area contributed by atoms with Crippen molar-refractivity contribution in [3.8, 4) is 11.5 Å². The van der Waals surface area contributed by atoms with Gasteiger partial charge in [-0.25, -0.2) is 9.67 Å². The second kappa shape index (κ2) is 7.04. The summed E-state index contributed by atoms with van der Waals surface area (Å²) < 4.78 is 14.4. The molecule has 2 heterocycles. The molecule has 0 bridgehead atoms. The Balaban J connectivity index is 1.62. The lowest BCUT2D eigenvalue weighted by atomic mass is 10.3. The van der Waals surface area contributed by atoms with Crippen molar-refractivity contribution in [3.05, 3.63) is 45.5 Å². The molecule has 0 unspecified atom stereocenters. The van der Waals surface area contributed by atoms with Gasteiger partial charge in [0.2, 0.25) is 0 Å². The molecule has 126 valence electrons. The van der Waals surface area contributed by atoms with E-state index >= 15 is 0 Å². The third-order valence-corrected chi connectivity index (χ3v) is 4.19. The number of benzene rings is 1. The second-order valence-corrected chi connectivity index (χ2v) is 5.98. The third-order valence-electron chi connectivity index (χ3n) is 3.64. The van der Waals surface area contributed by atoms with Gasteiger partial charge in [0.25, 0.3) is 5.56 Å². The average molecular weight is 393 g/mol. The fourth-order valence-electron chi connectivity index (χ4n) is 2.39. The van der Waals surface area contributed by atoms with E-state index in [-0.39, 0.29) is 5.56 Å². The maximum absolute atomic E-state index is 12.5. The molecule has 0 atom stereocenters. The molecule has 0 N–H and O–H groups in total. The van der Waals surface area contributed by atoms with Gasteiger partial charge in [0.05, 0.1) is 20.0 Å². The first-order valence-electron chi connectivity index (χ1n) is 7.44. The van der Waals surface area contributed by atoms with Crippen molar-refractivity contribution in [1.82, 2.24) is 19.3 Å². The molecule has 0 aliphatic rings. The summed E-state index contributed by atoms with van der Waals surface area (Å²) in [5.41, 5.74) is 0.460. The number of hydrogen-bond donors (Lipinski definition) is 0. The first-order valence-corrected chi connectivity index (χ1v) is 8.24. The Morgan fingerprint density at radius 1 is 1.21 bits per heavy atom. The monoisotopic (exact) mass is 392 g/mol. The molecule has 0 saturated carbocycles. The number of halogens is 1. The van der Waals surface area contributed by atoms with Crippen molar-refractivity contribution < 1.29 is 9.47 Å². The highest BCUT2D eigenvalue weighted by Gasteiger charge is 2.13. The van der Waals surface area contributed by atoms with E-state index in [1.165, 1.54) is 0 Å². The average Bonchev–Trinajstić information content (AvgIpc) is 2.88. The molecule has 2 aromatic heterocycles. The van der Waals surface area contributed by atoms with E-state index in [2.05, 4.69) is 26.0 Å². The van der Waals surface area contributed by atoms with Crippen LogP contribution < -0.4 is 15.0 Å². The molecule has 0 aliphatic heterocycles. The zero-order chi connectivity index (χ0) is 17.1. The van der Waals surface area contributed by atoms with Crippen LogP contribution in [0.4, 0.5) is 0 Å². The highest BCUT2D eigenvalue weighted by atomic mass is 79.9. The van der Waals surface area contributed by atoms with Crippen molar-refractivity contribution in [3.63, 3.8) is 0 Å². The van der Waals surface area contributed by atoms with Gasteiger partial charge in [-0.3, -0.25) is 9.36 Å². The molecule has 0 aliphatic carbocycles. The molecule has 0 fully saturated rings. The third kappa shape index (κ3) is 3.28. The Morgan fingerprint density at radius 2 is 1.92 bits per heavy atom. The summed E-state index contributed by atoms with van der Waals surface area (Å²) in [6.45, 7) is 1.03. The quantitative estimate of drug-likeness (QED) is 0.602. The maximum atomic E-state index is 12.5. The second-order valence-electron chi connectivity index (χ2n) is 5.23. The van der Waals surface area contributed by atoms with Crippen LogP contribution in [0.15, 0.2) is 40.0 Å². The molecule has 0 radical (unpaired) electrons. The molecule has 24 heavy (non-hydrogen) atoms. The van der Waals surface area contributed by atoms with Gasteiger partial charge < -0.3 is 9.47 Å². The number of nitrogens with zero attached hydrogens (tertiary/aromatic N) is 4. The first-order chi connectivity index (χ1) is 11.6. The number of aromatic nitrogens is 4. The van der Waals surface area contributed by atoms with Gasteiger partial charge in [0, 0.05) is 13.6 Å². The molecule has 3 rings (SSSR count). The van der Waals surface area contributed by atoms with E-state index in [4.69, 9.17) is 9.47 Å². The van der Waals surface area contributed by atoms with Gasteiger partial charge in [-0.05, 0) is 46.6 Å². The van der Waals surface area contributed by atoms with Gasteiger partial charge in [-0.15, -0.1) is 0 Å². The Morgan fingerprint density at radius 3 is 2.62 bits per heavy atom. The Hall–Kier alpha value is -2.35. The Kier molecular flexibility index (Phi) is 4.84. The summed E-state index contributed by atoms with van der Waals surface area (Å²) >= 11 is 3.31. The normalized spacial score (nSPS) is 11.0. The van der Waals surface area contributed by atoms with Crippen molar-refractivity contribution in [2.45, 2.75) is 13.0 Å². The lowest BCUT2D eigenvalue weighted by molar-refractivity contribution is 0.300. The van der Waals surface area contributed by atoms with Crippen LogP contribution in [0.5, 0.6) is 11.5 Å². The fraction of sp³-hybridized carbons (Fsp3) is 0.312. The molecular formula is C16H17BrN4O3. The van der Waals surface area contributed by atoms with Crippen LogP contribution in [0, 0.1) is 0 Å². The molecule has 0 spiro atoms. The summed E-state index contributed by atoms with van der Waals surface area (Å²) in [4.78, 5) is 16.8. The Labute approximate surface area is 147 Å². The SMILES string of the molecule is COc1ccc(OCCCn2cnc3c(c(Br)nn3C)c2=O)cc1.